The summed E-state index contributed by atoms with van der Waals surface area (Å²) in [6, 6.07) is 0. The summed E-state index contributed by atoms with van der Waals surface area (Å²) in [6.45, 7) is 5.73. The van der Waals surface area contributed by atoms with Crippen LogP contribution in [0.3, 0.4) is 0 Å². The monoisotopic (exact) mass is 140 g/mol. The van der Waals surface area contributed by atoms with Crippen molar-refractivity contribution in [3.05, 3.63) is 12.7 Å². The topological polar surface area (TPSA) is 20.2 Å². The molecule has 0 saturated heterocycles. The summed E-state index contributed by atoms with van der Waals surface area (Å²) in [5.41, 5.74) is 0. The van der Waals surface area contributed by atoms with Gasteiger partial charge >= 0.3 is 0 Å². The quantitative estimate of drug-likeness (QED) is 0.592. The Bertz CT molecular complexity index is 116. The minimum atomic E-state index is -0.148. The predicted molar refractivity (Wildman–Crippen MR) is 42.7 cm³/mol. The Morgan fingerprint density at radius 3 is 2.70 bits per heavy atom. The van der Waals surface area contributed by atoms with Crippen molar-refractivity contribution in [2.45, 2.75) is 32.3 Å². The van der Waals surface area contributed by atoms with E-state index in [1.807, 2.05) is 0 Å². The van der Waals surface area contributed by atoms with Crippen LogP contribution in [0.5, 0.6) is 0 Å². The van der Waals surface area contributed by atoms with Crippen LogP contribution in [0.15, 0.2) is 12.7 Å². The molecule has 1 N–H and O–H groups in total. The SMILES string of the molecule is C=CCC(O)C(C)C1CC1. The van der Waals surface area contributed by atoms with Gasteiger partial charge < -0.3 is 5.11 Å². The first-order valence-corrected chi connectivity index (χ1v) is 4.04. The van der Waals surface area contributed by atoms with E-state index in [1.165, 1.54) is 12.8 Å². The first kappa shape index (κ1) is 7.80. The van der Waals surface area contributed by atoms with Crippen molar-refractivity contribution in [2.24, 2.45) is 11.8 Å². The van der Waals surface area contributed by atoms with E-state index in [-0.39, 0.29) is 6.10 Å². The molecular weight excluding hydrogens is 124 g/mol. The Hall–Kier alpha value is -0.300. The highest BCUT2D eigenvalue weighted by molar-refractivity contribution is 4.85. The molecule has 1 aliphatic carbocycles. The average Bonchev–Trinajstić information content (AvgIpc) is 2.68. The van der Waals surface area contributed by atoms with Gasteiger partial charge in [-0.05, 0) is 31.1 Å². The maximum atomic E-state index is 9.46. The smallest absolute Gasteiger partial charge is 0.0602 e. The standard InChI is InChI=1S/C9H16O/c1-3-4-9(10)7(2)8-5-6-8/h3,7-10H,1,4-6H2,2H3. The Labute approximate surface area is 62.8 Å². The molecule has 0 aromatic rings. The number of hydrogen-bond donors (Lipinski definition) is 1. The van der Waals surface area contributed by atoms with Crippen molar-refractivity contribution in [1.82, 2.24) is 0 Å². The van der Waals surface area contributed by atoms with Crippen molar-refractivity contribution in [3.63, 3.8) is 0 Å². The third-order valence-corrected chi connectivity index (χ3v) is 2.38. The lowest BCUT2D eigenvalue weighted by Crippen LogP contribution is -2.18. The van der Waals surface area contributed by atoms with Crippen LogP contribution < -0.4 is 0 Å². The lowest BCUT2D eigenvalue weighted by atomic mass is 9.97. The molecule has 0 aromatic carbocycles. The van der Waals surface area contributed by atoms with Crippen molar-refractivity contribution >= 4 is 0 Å². The largest absolute Gasteiger partial charge is 0.393 e. The van der Waals surface area contributed by atoms with Gasteiger partial charge in [0.15, 0.2) is 0 Å². The fraction of sp³-hybridized carbons (Fsp3) is 0.778. The van der Waals surface area contributed by atoms with Crippen molar-refractivity contribution in [3.8, 4) is 0 Å². The third kappa shape index (κ3) is 1.84. The molecule has 0 heterocycles. The normalized spacial score (nSPS) is 23.8. The van der Waals surface area contributed by atoms with Crippen LogP contribution in [0, 0.1) is 11.8 Å². The van der Waals surface area contributed by atoms with Crippen LogP contribution in [0.25, 0.3) is 0 Å². The van der Waals surface area contributed by atoms with Gasteiger partial charge in [-0.3, -0.25) is 0 Å². The molecule has 0 aromatic heterocycles. The molecule has 0 radical (unpaired) electrons. The first-order valence-electron chi connectivity index (χ1n) is 4.04. The van der Waals surface area contributed by atoms with Crippen molar-refractivity contribution < 1.29 is 5.11 Å². The molecule has 1 fully saturated rings. The summed E-state index contributed by atoms with van der Waals surface area (Å²) >= 11 is 0. The van der Waals surface area contributed by atoms with Gasteiger partial charge in [0.1, 0.15) is 0 Å². The second-order valence-corrected chi connectivity index (χ2v) is 3.29. The third-order valence-electron chi connectivity index (χ3n) is 2.38. The summed E-state index contributed by atoms with van der Waals surface area (Å²) < 4.78 is 0. The zero-order valence-corrected chi connectivity index (χ0v) is 6.59. The molecule has 0 amide bonds. The zero-order chi connectivity index (χ0) is 7.56. The van der Waals surface area contributed by atoms with Gasteiger partial charge in [-0.15, -0.1) is 6.58 Å². The van der Waals surface area contributed by atoms with Crippen LogP contribution in [0.1, 0.15) is 26.2 Å². The number of aliphatic hydroxyl groups is 1. The van der Waals surface area contributed by atoms with Crippen LogP contribution >= 0.6 is 0 Å². The van der Waals surface area contributed by atoms with E-state index < -0.39 is 0 Å². The molecular formula is C9H16O. The molecule has 1 rings (SSSR count). The van der Waals surface area contributed by atoms with Gasteiger partial charge in [-0.1, -0.05) is 13.0 Å². The number of aliphatic hydroxyl groups excluding tert-OH is 1. The molecule has 58 valence electrons. The molecule has 0 bridgehead atoms. The molecule has 0 aliphatic heterocycles. The van der Waals surface area contributed by atoms with E-state index in [0.29, 0.717) is 5.92 Å². The predicted octanol–water partition coefficient (Wildman–Crippen LogP) is 1.97. The van der Waals surface area contributed by atoms with E-state index in [1.54, 1.807) is 6.08 Å². The Kier molecular flexibility index (Phi) is 2.50. The number of rotatable bonds is 4. The molecule has 10 heavy (non-hydrogen) atoms. The summed E-state index contributed by atoms with van der Waals surface area (Å²) in [5.74, 6) is 1.29. The minimum Gasteiger partial charge on any atom is -0.393 e. The second kappa shape index (κ2) is 3.20. The summed E-state index contributed by atoms with van der Waals surface area (Å²) in [5, 5.41) is 9.46. The Balaban J connectivity index is 2.23. The highest BCUT2D eigenvalue weighted by atomic mass is 16.3. The Morgan fingerprint density at radius 2 is 2.30 bits per heavy atom. The average molecular weight is 140 g/mol. The fourth-order valence-corrected chi connectivity index (χ4v) is 1.32. The summed E-state index contributed by atoms with van der Waals surface area (Å²) in [6.07, 6.45) is 5.02. The highest BCUT2D eigenvalue weighted by Gasteiger charge is 2.31. The molecule has 1 aliphatic rings. The molecule has 1 saturated carbocycles. The molecule has 2 atom stereocenters. The van der Waals surface area contributed by atoms with Crippen molar-refractivity contribution in [1.29, 1.82) is 0 Å². The van der Waals surface area contributed by atoms with Gasteiger partial charge in [0.2, 0.25) is 0 Å². The van der Waals surface area contributed by atoms with Gasteiger partial charge in [0.05, 0.1) is 6.10 Å². The highest BCUT2D eigenvalue weighted by Crippen LogP contribution is 2.38. The lowest BCUT2D eigenvalue weighted by molar-refractivity contribution is 0.108. The van der Waals surface area contributed by atoms with Crippen LogP contribution in [0.4, 0.5) is 0 Å². The van der Waals surface area contributed by atoms with Gasteiger partial charge in [0.25, 0.3) is 0 Å². The summed E-state index contributed by atoms with van der Waals surface area (Å²) in [4.78, 5) is 0. The molecule has 1 nitrogen and oxygen atoms in total. The van der Waals surface area contributed by atoms with E-state index >= 15 is 0 Å². The fourth-order valence-electron chi connectivity index (χ4n) is 1.32. The first-order chi connectivity index (χ1) is 4.75. The molecule has 2 unspecified atom stereocenters. The zero-order valence-electron chi connectivity index (χ0n) is 6.59. The van der Waals surface area contributed by atoms with Gasteiger partial charge in [0, 0.05) is 0 Å². The Morgan fingerprint density at radius 1 is 1.70 bits per heavy atom. The second-order valence-electron chi connectivity index (χ2n) is 3.29. The molecule has 1 heteroatoms. The van der Waals surface area contributed by atoms with Crippen LogP contribution in [-0.4, -0.2) is 11.2 Å². The van der Waals surface area contributed by atoms with Gasteiger partial charge in [-0.25, -0.2) is 0 Å². The van der Waals surface area contributed by atoms with Gasteiger partial charge in [-0.2, -0.15) is 0 Å². The molecule has 0 spiro atoms. The maximum Gasteiger partial charge on any atom is 0.0602 e. The van der Waals surface area contributed by atoms with E-state index in [2.05, 4.69) is 13.5 Å². The van der Waals surface area contributed by atoms with E-state index in [0.717, 1.165) is 12.3 Å². The maximum absolute atomic E-state index is 9.46. The van der Waals surface area contributed by atoms with E-state index in [4.69, 9.17) is 0 Å². The summed E-state index contributed by atoms with van der Waals surface area (Å²) in [7, 11) is 0. The number of hydrogen-bond acceptors (Lipinski definition) is 1. The van der Waals surface area contributed by atoms with E-state index in [9.17, 15) is 5.11 Å². The van der Waals surface area contributed by atoms with Crippen molar-refractivity contribution in [2.75, 3.05) is 0 Å². The minimum absolute atomic E-state index is 0.148. The van der Waals surface area contributed by atoms with Crippen LogP contribution in [0.2, 0.25) is 0 Å². The van der Waals surface area contributed by atoms with Crippen LogP contribution in [-0.2, 0) is 0 Å². The lowest BCUT2D eigenvalue weighted by Gasteiger charge is -2.15.